The first-order valence-corrected chi connectivity index (χ1v) is 8.05. The van der Waals surface area contributed by atoms with Crippen molar-refractivity contribution in [2.75, 3.05) is 40.3 Å². The first-order chi connectivity index (χ1) is 10.6. The Morgan fingerprint density at radius 1 is 1.50 bits per heavy atom. The van der Waals surface area contributed by atoms with Crippen LogP contribution in [0.4, 0.5) is 0 Å². The van der Waals surface area contributed by atoms with E-state index in [1.54, 1.807) is 6.20 Å². The monoisotopic (exact) mass is 303 g/mol. The maximum absolute atomic E-state index is 12.3. The van der Waals surface area contributed by atoms with Gasteiger partial charge in [0.25, 0.3) is 0 Å². The molecule has 120 valence electrons. The van der Waals surface area contributed by atoms with E-state index in [-0.39, 0.29) is 11.3 Å². The average Bonchev–Trinajstić information content (AvgIpc) is 3.02. The van der Waals surface area contributed by atoms with Crippen LogP contribution in [0.15, 0.2) is 24.4 Å². The number of ether oxygens (including phenoxy) is 1. The molecule has 0 spiro atoms. The Hall–Kier alpha value is -1.62. The molecule has 2 atom stereocenters. The summed E-state index contributed by atoms with van der Waals surface area (Å²) in [5.74, 6) is 1.49. The van der Waals surface area contributed by atoms with Crippen LogP contribution in [0, 0.1) is 11.3 Å². The highest BCUT2D eigenvalue weighted by atomic mass is 16.5. The number of aromatic nitrogens is 1. The van der Waals surface area contributed by atoms with Gasteiger partial charge in [-0.05, 0) is 38.9 Å². The van der Waals surface area contributed by atoms with E-state index in [0.717, 1.165) is 19.5 Å². The quantitative estimate of drug-likeness (QED) is 0.830. The van der Waals surface area contributed by atoms with Crippen molar-refractivity contribution in [2.45, 2.75) is 19.3 Å². The molecule has 1 amide bonds. The van der Waals surface area contributed by atoms with Crippen molar-refractivity contribution in [1.29, 1.82) is 0 Å². The molecule has 3 rings (SSSR count). The molecule has 1 saturated carbocycles. The molecule has 22 heavy (non-hydrogen) atoms. The highest BCUT2D eigenvalue weighted by molar-refractivity contribution is 5.78. The number of pyridine rings is 1. The summed E-state index contributed by atoms with van der Waals surface area (Å²) in [5, 5.41) is 0. The lowest BCUT2D eigenvalue weighted by atomic mass is 9.81. The summed E-state index contributed by atoms with van der Waals surface area (Å²) in [6.45, 7) is 2.87. The van der Waals surface area contributed by atoms with E-state index in [4.69, 9.17) is 4.74 Å². The van der Waals surface area contributed by atoms with Crippen LogP contribution in [0.5, 0.6) is 5.88 Å². The fourth-order valence-electron chi connectivity index (χ4n) is 3.86. The van der Waals surface area contributed by atoms with Gasteiger partial charge in [-0.25, -0.2) is 4.98 Å². The molecular formula is C17H25N3O2. The Bertz CT molecular complexity index is 520. The number of likely N-dealkylation sites (N-methyl/N-ethyl adjacent to an activating group) is 1. The van der Waals surface area contributed by atoms with Gasteiger partial charge in [0.1, 0.15) is 0 Å². The number of carbonyl (C=O) groups excluding carboxylic acids is 1. The molecular weight excluding hydrogens is 278 g/mol. The Morgan fingerprint density at radius 2 is 2.36 bits per heavy atom. The van der Waals surface area contributed by atoms with E-state index in [9.17, 15) is 4.79 Å². The van der Waals surface area contributed by atoms with E-state index in [1.165, 1.54) is 12.8 Å². The Balaban J connectivity index is 1.64. The van der Waals surface area contributed by atoms with Crippen LogP contribution in [-0.2, 0) is 4.79 Å². The smallest absolute Gasteiger partial charge is 0.236 e. The van der Waals surface area contributed by atoms with Crippen LogP contribution in [0.3, 0.4) is 0 Å². The van der Waals surface area contributed by atoms with Crippen LogP contribution >= 0.6 is 0 Å². The van der Waals surface area contributed by atoms with Gasteiger partial charge >= 0.3 is 0 Å². The van der Waals surface area contributed by atoms with Crippen molar-refractivity contribution in [2.24, 2.45) is 11.3 Å². The molecule has 2 heterocycles. The summed E-state index contributed by atoms with van der Waals surface area (Å²) in [5.41, 5.74) is 0.124. The summed E-state index contributed by atoms with van der Waals surface area (Å²) < 4.78 is 5.94. The minimum Gasteiger partial charge on any atom is -0.477 e. The van der Waals surface area contributed by atoms with Gasteiger partial charge in [0, 0.05) is 30.8 Å². The highest BCUT2D eigenvalue weighted by Gasteiger charge is 2.51. The molecule has 1 aliphatic carbocycles. The van der Waals surface area contributed by atoms with Gasteiger partial charge in [-0.15, -0.1) is 0 Å². The molecule has 5 nitrogen and oxygen atoms in total. The number of fused-ring (bicyclic) bond motifs is 1. The topological polar surface area (TPSA) is 45.7 Å². The SMILES string of the molecule is CN(C)CC(=O)N1C[C@H]2CCC[C@]2(COc2ccccn2)C1. The zero-order valence-corrected chi connectivity index (χ0v) is 13.5. The number of hydrogen-bond donors (Lipinski definition) is 0. The molecule has 5 heteroatoms. The van der Waals surface area contributed by atoms with Gasteiger partial charge in [0.2, 0.25) is 11.8 Å². The highest BCUT2D eigenvalue weighted by Crippen LogP contribution is 2.48. The minimum absolute atomic E-state index is 0.124. The number of amides is 1. The van der Waals surface area contributed by atoms with E-state index in [1.807, 2.05) is 42.1 Å². The van der Waals surface area contributed by atoms with Crippen LogP contribution < -0.4 is 4.74 Å². The molecule has 1 aromatic heterocycles. The van der Waals surface area contributed by atoms with E-state index < -0.39 is 0 Å². The largest absolute Gasteiger partial charge is 0.477 e. The predicted octanol–water partition coefficient (Wildman–Crippen LogP) is 1.65. The number of rotatable bonds is 5. The average molecular weight is 303 g/mol. The van der Waals surface area contributed by atoms with Crippen molar-refractivity contribution >= 4 is 5.91 Å². The van der Waals surface area contributed by atoms with Crippen molar-refractivity contribution in [3.05, 3.63) is 24.4 Å². The lowest BCUT2D eigenvalue weighted by Gasteiger charge is -2.28. The standard InChI is InChI=1S/C17H25N3O2/c1-19(2)11-16(21)20-10-14-6-5-8-17(14,12-20)13-22-15-7-3-4-9-18-15/h3-4,7,9,14H,5-6,8,10-13H2,1-2H3/t14-,17-/m1/s1. The Labute approximate surface area is 132 Å². The Morgan fingerprint density at radius 3 is 3.09 bits per heavy atom. The lowest BCUT2D eigenvalue weighted by Crippen LogP contribution is -2.39. The van der Waals surface area contributed by atoms with Crippen LogP contribution in [0.25, 0.3) is 0 Å². The molecule has 0 radical (unpaired) electrons. The van der Waals surface area contributed by atoms with E-state index in [2.05, 4.69) is 4.98 Å². The van der Waals surface area contributed by atoms with Crippen LogP contribution in [0.1, 0.15) is 19.3 Å². The van der Waals surface area contributed by atoms with Gasteiger partial charge in [-0.1, -0.05) is 12.5 Å². The number of hydrogen-bond acceptors (Lipinski definition) is 4. The molecule has 2 aliphatic rings. The third kappa shape index (κ3) is 3.09. The van der Waals surface area contributed by atoms with Gasteiger partial charge < -0.3 is 14.5 Å². The zero-order chi connectivity index (χ0) is 15.6. The van der Waals surface area contributed by atoms with Crippen molar-refractivity contribution in [3.8, 4) is 5.88 Å². The maximum Gasteiger partial charge on any atom is 0.236 e. The van der Waals surface area contributed by atoms with Gasteiger partial charge in [-0.3, -0.25) is 4.79 Å². The molecule has 1 saturated heterocycles. The fourth-order valence-corrected chi connectivity index (χ4v) is 3.86. The lowest BCUT2D eigenvalue weighted by molar-refractivity contribution is -0.131. The summed E-state index contributed by atoms with van der Waals surface area (Å²) >= 11 is 0. The molecule has 0 unspecified atom stereocenters. The number of nitrogens with zero attached hydrogens (tertiary/aromatic N) is 3. The molecule has 0 aromatic carbocycles. The van der Waals surface area contributed by atoms with Gasteiger partial charge in [-0.2, -0.15) is 0 Å². The second-order valence-corrected chi connectivity index (χ2v) is 6.92. The fraction of sp³-hybridized carbons (Fsp3) is 0.647. The zero-order valence-electron chi connectivity index (χ0n) is 13.5. The third-order valence-corrected chi connectivity index (χ3v) is 4.99. The summed E-state index contributed by atoms with van der Waals surface area (Å²) in [6, 6.07) is 5.72. The predicted molar refractivity (Wildman–Crippen MR) is 84.6 cm³/mol. The van der Waals surface area contributed by atoms with Crippen LogP contribution in [-0.4, -0.2) is 61.0 Å². The first-order valence-electron chi connectivity index (χ1n) is 8.05. The molecule has 0 N–H and O–H groups in total. The summed E-state index contributed by atoms with van der Waals surface area (Å²) in [6.07, 6.45) is 5.35. The molecule has 0 bridgehead atoms. The van der Waals surface area contributed by atoms with Crippen molar-refractivity contribution < 1.29 is 9.53 Å². The molecule has 1 aromatic rings. The third-order valence-electron chi connectivity index (χ3n) is 4.99. The van der Waals surface area contributed by atoms with E-state index in [0.29, 0.717) is 24.9 Å². The Kier molecular flexibility index (Phi) is 4.34. The second kappa shape index (κ2) is 6.24. The van der Waals surface area contributed by atoms with Crippen molar-refractivity contribution in [1.82, 2.24) is 14.8 Å². The summed E-state index contributed by atoms with van der Waals surface area (Å²) in [7, 11) is 3.88. The summed E-state index contributed by atoms with van der Waals surface area (Å²) in [4.78, 5) is 20.5. The van der Waals surface area contributed by atoms with E-state index >= 15 is 0 Å². The van der Waals surface area contributed by atoms with Gasteiger partial charge in [0.15, 0.2) is 0 Å². The molecule has 2 fully saturated rings. The van der Waals surface area contributed by atoms with Crippen molar-refractivity contribution in [3.63, 3.8) is 0 Å². The first kappa shape index (κ1) is 15.3. The number of carbonyl (C=O) groups is 1. The minimum atomic E-state index is 0.124. The van der Waals surface area contributed by atoms with Crippen LogP contribution in [0.2, 0.25) is 0 Å². The number of likely N-dealkylation sites (tertiary alicyclic amines) is 1. The van der Waals surface area contributed by atoms with Gasteiger partial charge in [0.05, 0.1) is 13.2 Å². The maximum atomic E-state index is 12.3. The normalized spacial score (nSPS) is 27.2. The molecule has 1 aliphatic heterocycles. The second-order valence-electron chi connectivity index (χ2n) is 6.92.